The van der Waals surface area contributed by atoms with E-state index in [1.54, 1.807) is 0 Å². The van der Waals surface area contributed by atoms with Crippen LogP contribution in [-0.2, 0) is 0 Å². The largest absolute Gasteiger partial charge is 0.394 e. The lowest BCUT2D eigenvalue weighted by Gasteiger charge is -2.30. The second-order valence-corrected chi connectivity index (χ2v) is 3.58. The highest BCUT2D eigenvalue weighted by atomic mass is 19.2. The molecule has 102 valence electrons. The molecule has 0 bridgehead atoms. The van der Waals surface area contributed by atoms with Crippen molar-refractivity contribution in [3.8, 4) is 0 Å². The Morgan fingerprint density at radius 3 is 1.61 bits per heavy atom. The number of pyridine rings is 1. The molecule has 0 saturated heterocycles. The van der Waals surface area contributed by atoms with Crippen molar-refractivity contribution in [2.24, 2.45) is 0 Å². The molecule has 9 heteroatoms. The van der Waals surface area contributed by atoms with Gasteiger partial charge >= 0.3 is 0 Å². The number of aliphatic hydroxyl groups is 3. The predicted molar refractivity (Wildman–Crippen MR) is 51.7 cm³/mol. The van der Waals surface area contributed by atoms with Crippen LogP contribution in [0.15, 0.2) is 0 Å². The van der Waals surface area contributed by atoms with Crippen molar-refractivity contribution in [3.05, 3.63) is 23.5 Å². The summed E-state index contributed by atoms with van der Waals surface area (Å²) in [6, 6.07) is 0. The van der Waals surface area contributed by atoms with E-state index in [4.69, 9.17) is 15.3 Å². The number of hydrogen-bond acceptors (Lipinski definition) is 5. The van der Waals surface area contributed by atoms with E-state index in [0.29, 0.717) is 0 Å². The third-order valence-electron chi connectivity index (χ3n) is 2.30. The minimum Gasteiger partial charge on any atom is -0.394 e. The number of nitrogens with one attached hydrogen (secondary N) is 1. The smallest absolute Gasteiger partial charge is 0.253 e. The number of aromatic nitrogens is 1. The maximum Gasteiger partial charge on any atom is 0.253 e. The van der Waals surface area contributed by atoms with Gasteiger partial charge < -0.3 is 20.6 Å². The molecule has 0 aliphatic heterocycles. The van der Waals surface area contributed by atoms with Crippen LogP contribution in [-0.4, -0.2) is 45.7 Å². The number of aliphatic hydroxyl groups excluding tert-OH is 3. The molecule has 1 rings (SSSR count). The second kappa shape index (κ2) is 5.46. The Kier molecular flexibility index (Phi) is 4.43. The maximum atomic E-state index is 13.2. The molecule has 0 radical (unpaired) electrons. The highest BCUT2D eigenvalue weighted by molar-refractivity contribution is 5.48. The van der Waals surface area contributed by atoms with Gasteiger partial charge in [0.15, 0.2) is 0 Å². The van der Waals surface area contributed by atoms with Crippen molar-refractivity contribution >= 4 is 5.69 Å². The van der Waals surface area contributed by atoms with E-state index in [0.717, 1.165) is 0 Å². The number of rotatable bonds is 5. The van der Waals surface area contributed by atoms with Crippen LogP contribution in [0, 0.1) is 23.5 Å². The molecule has 4 N–H and O–H groups in total. The highest BCUT2D eigenvalue weighted by Gasteiger charge is 2.32. The molecule has 0 aromatic carbocycles. The zero-order chi connectivity index (χ0) is 13.9. The first kappa shape index (κ1) is 14.6. The number of halogens is 4. The van der Waals surface area contributed by atoms with E-state index in [9.17, 15) is 17.6 Å². The fourth-order valence-corrected chi connectivity index (χ4v) is 1.13. The SMILES string of the molecule is OCC(CO)(CO)Nc1c(F)c(F)nc(F)c1F. The lowest BCUT2D eigenvalue weighted by Crippen LogP contribution is -2.49. The molecule has 0 saturated carbocycles. The molecule has 1 aromatic heterocycles. The van der Waals surface area contributed by atoms with E-state index < -0.39 is 54.6 Å². The zero-order valence-electron chi connectivity index (χ0n) is 8.92. The Labute approximate surface area is 98.7 Å². The van der Waals surface area contributed by atoms with Gasteiger partial charge in [0.2, 0.25) is 11.6 Å². The summed E-state index contributed by atoms with van der Waals surface area (Å²) in [5, 5.41) is 28.6. The van der Waals surface area contributed by atoms with Gasteiger partial charge in [-0.1, -0.05) is 0 Å². The fourth-order valence-electron chi connectivity index (χ4n) is 1.13. The molecule has 0 aliphatic rings. The van der Waals surface area contributed by atoms with E-state index in [1.165, 1.54) is 0 Å². The molecule has 0 aliphatic carbocycles. The molecule has 18 heavy (non-hydrogen) atoms. The third kappa shape index (κ3) is 2.52. The predicted octanol–water partition coefficient (Wildman–Crippen LogP) is -0.234. The van der Waals surface area contributed by atoms with Gasteiger partial charge in [-0.05, 0) is 0 Å². The number of hydrogen-bond donors (Lipinski definition) is 4. The van der Waals surface area contributed by atoms with Gasteiger partial charge in [0.25, 0.3) is 11.9 Å². The van der Waals surface area contributed by atoms with Crippen LogP contribution in [0.5, 0.6) is 0 Å². The summed E-state index contributed by atoms with van der Waals surface area (Å²) in [6.07, 6.45) is 0. The van der Waals surface area contributed by atoms with Gasteiger partial charge in [-0.2, -0.15) is 22.5 Å². The quantitative estimate of drug-likeness (QED) is 0.438. The summed E-state index contributed by atoms with van der Waals surface area (Å²) in [5.41, 5.74) is -3.20. The molecular formula is C9H10F4N2O3. The number of nitrogens with zero attached hydrogens (tertiary/aromatic N) is 1. The Balaban J connectivity index is 3.25. The van der Waals surface area contributed by atoms with Crippen LogP contribution in [0.25, 0.3) is 0 Å². The van der Waals surface area contributed by atoms with Crippen LogP contribution >= 0.6 is 0 Å². The normalized spacial score (nSPS) is 11.7. The molecule has 0 atom stereocenters. The average Bonchev–Trinajstić information content (AvgIpc) is 2.38. The van der Waals surface area contributed by atoms with Gasteiger partial charge in [0.1, 0.15) is 11.2 Å². The summed E-state index contributed by atoms with van der Waals surface area (Å²) in [6.45, 7) is -2.78. The van der Waals surface area contributed by atoms with Gasteiger partial charge in [-0.3, -0.25) is 0 Å². The van der Waals surface area contributed by atoms with E-state index in [2.05, 4.69) is 4.98 Å². The Morgan fingerprint density at radius 2 is 1.28 bits per heavy atom. The molecule has 0 spiro atoms. The number of anilines is 1. The topological polar surface area (TPSA) is 85.6 Å². The Morgan fingerprint density at radius 1 is 0.889 bits per heavy atom. The van der Waals surface area contributed by atoms with Crippen LogP contribution in [0.2, 0.25) is 0 Å². The second-order valence-electron chi connectivity index (χ2n) is 3.58. The fraction of sp³-hybridized carbons (Fsp3) is 0.444. The van der Waals surface area contributed by atoms with Crippen molar-refractivity contribution in [1.82, 2.24) is 4.98 Å². The van der Waals surface area contributed by atoms with E-state index >= 15 is 0 Å². The molecule has 0 amide bonds. The Hall–Kier alpha value is -1.45. The summed E-state index contributed by atoms with van der Waals surface area (Å²) >= 11 is 0. The van der Waals surface area contributed by atoms with Gasteiger partial charge in [-0.15, -0.1) is 0 Å². The van der Waals surface area contributed by atoms with Crippen molar-refractivity contribution in [2.75, 3.05) is 25.1 Å². The van der Waals surface area contributed by atoms with Crippen LogP contribution in [0.1, 0.15) is 0 Å². The molecule has 0 unspecified atom stereocenters. The molecule has 1 heterocycles. The third-order valence-corrected chi connectivity index (χ3v) is 2.30. The van der Waals surface area contributed by atoms with Gasteiger partial charge in [0, 0.05) is 0 Å². The minimum absolute atomic E-state index is 0.926. The summed E-state index contributed by atoms with van der Waals surface area (Å²) in [7, 11) is 0. The molecule has 5 nitrogen and oxygen atoms in total. The first-order valence-electron chi connectivity index (χ1n) is 4.71. The van der Waals surface area contributed by atoms with Crippen LogP contribution in [0.4, 0.5) is 23.2 Å². The van der Waals surface area contributed by atoms with Crippen LogP contribution in [0.3, 0.4) is 0 Å². The van der Waals surface area contributed by atoms with E-state index in [1.807, 2.05) is 5.32 Å². The standard InChI is InChI=1S/C9H10F4N2O3/c10-4-6(5(11)8(13)14-7(4)12)15-9(1-16,2-17)3-18/h16-18H,1-3H2,(H,14,15). The molecular weight excluding hydrogens is 260 g/mol. The maximum absolute atomic E-state index is 13.2. The van der Waals surface area contributed by atoms with Crippen LogP contribution < -0.4 is 5.32 Å². The lowest BCUT2D eigenvalue weighted by atomic mass is 10.0. The Bertz CT molecular complexity index is 406. The van der Waals surface area contributed by atoms with Gasteiger partial charge in [0.05, 0.1) is 19.8 Å². The first-order valence-corrected chi connectivity index (χ1v) is 4.71. The monoisotopic (exact) mass is 270 g/mol. The van der Waals surface area contributed by atoms with Crippen molar-refractivity contribution in [2.45, 2.75) is 5.54 Å². The average molecular weight is 270 g/mol. The summed E-state index contributed by atoms with van der Waals surface area (Å²) < 4.78 is 52.0. The van der Waals surface area contributed by atoms with Crippen molar-refractivity contribution in [1.29, 1.82) is 0 Å². The first-order chi connectivity index (χ1) is 8.40. The lowest BCUT2D eigenvalue weighted by molar-refractivity contribution is 0.0827. The van der Waals surface area contributed by atoms with Crippen molar-refractivity contribution in [3.63, 3.8) is 0 Å². The highest BCUT2D eigenvalue weighted by Crippen LogP contribution is 2.25. The minimum atomic E-state index is -1.93. The summed E-state index contributed by atoms with van der Waals surface area (Å²) in [5.74, 6) is -7.43. The molecule has 1 aromatic rings. The van der Waals surface area contributed by atoms with E-state index in [-0.39, 0.29) is 0 Å². The zero-order valence-corrected chi connectivity index (χ0v) is 8.92. The summed E-state index contributed by atoms with van der Waals surface area (Å²) in [4.78, 5) is 2.33. The van der Waals surface area contributed by atoms with Gasteiger partial charge in [-0.25, -0.2) is 0 Å². The molecule has 0 fully saturated rings. The van der Waals surface area contributed by atoms with Crippen molar-refractivity contribution < 1.29 is 32.9 Å².